The van der Waals surface area contributed by atoms with Gasteiger partial charge in [0.05, 0.1) is 18.7 Å². The molecule has 2 unspecified atom stereocenters. The molecule has 1 amide bonds. The molecule has 13 heavy (non-hydrogen) atoms. The Morgan fingerprint density at radius 2 is 2.15 bits per heavy atom. The second-order valence-electron chi connectivity index (χ2n) is 3.05. The number of hydrogen-bond donors (Lipinski definition) is 4. The minimum Gasteiger partial charge on any atom is -0.324 e. The van der Waals surface area contributed by atoms with Gasteiger partial charge in [0.25, 0.3) is 5.91 Å². The Bertz CT molecular complexity index is 264. The van der Waals surface area contributed by atoms with Gasteiger partial charge in [0.1, 0.15) is 0 Å². The fraction of sp³-hybridized carbons (Fsp3) is 0.800. The van der Waals surface area contributed by atoms with Crippen LogP contribution in [-0.2, 0) is 9.36 Å². The highest BCUT2D eigenvalue weighted by Gasteiger charge is 2.40. The van der Waals surface area contributed by atoms with Crippen molar-refractivity contribution in [3.8, 4) is 0 Å². The molecule has 76 valence electrons. The Kier molecular flexibility index (Phi) is 2.74. The topological polar surface area (TPSA) is 124 Å². The molecule has 7 nitrogen and oxygen atoms in total. The van der Waals surface area contributed by atoms with Crippen LogP contribution in [0.4, 0.5) is 0 Å². The van der Waals surface area contributed by atoms with Gasteiger partial charge in [0.15, 0.2) is 0 Å². The van der Waals surface area contributed by atoms with Crippen LogP contribution in [0.2, 0.25) is 0 Å². The van der Waals surface area contributed by atoms with Gasteiger partial charge in [0.2, 0.25) is 0 Å². The zero-order chi connectivity index (χ0) is 10.2. The molecule has 1 aliphatic heterocycles. The second-order valence-corrected chi connectivity index (χ2v) is 4.75. The first-order valence-electron chi connectivity index (χ1n) is 3.61. The molecule has 1 fully saturated rings. The molecular formula is C5H11N2O5P. The summed E-state index contributed by atoms with van der Waals surface area (Å²) >= 11 is 0. The van der Waals surface area contributed by atoms with Gasteiger partial charge in [-0.1, -0.05) is 0 Å². The molecule has 0 spiro atoms. The van der Waals surface area contributed by atoms with E-state index in [-0.39, 0.29) is 6.54 Å². The van der Waals surface area contributed by atoms with Crippen molar-refractivity contribution in [2.45, 2.75) is 6.04 Å². The van der Waals surface area contributed by atoms with Crippen LogP contribution in [0.5, 0.6) is 0 Å². The van der Waals surface area contributed by atoms with E-state index in [0.29, 0.717) is 5.06 Å². The summed E-state index contributed by atoms with van der Waals surface area (Å²) in [7, 11) is -4.18. The average Bonchev–Trinajstić information content (AvgIpc) is 2.15. The summed E-state index contributed by atoms with van der Waals surface area (Å²) in [6.45, 7) is -0.120. The van der Waals surface area contributed by atoms with Gasteiger partial charge < -0.3 is 15.5 Å². The Morgan fingerprint density at radius 1 is 1.62 bits per heavy atom. The normalized spacial score (nSPS) is 29.8. The lowest BCUT2D eigenvalue weighted by Crippen LogP contribution is -2.35. The summed E-state index contributed by atoms with van der Waals surface area (Å²) in [6, 6.07) is -1.02. The third-order valence-corrected chi connectivity index (χ3v) is 2.87. The molecular weight excluding hydrogens is 199 g/mol. The summed E-state index contributed by atoms with van der Waals surface area (Å²) in [6.07, 6.45) is -0.475. The lowest BCUT2D eigenvalue weighted by atomic mass is 10.1. The van der Waals surface area contributed by atoms with Crippen molar-refractivity contribution in [1.82, 2.24) is 5.06 Å². The van der Waals surface area contributed by atoms with Gasteiger partial charge in [0, 0.05) is 5.92 Å². The molecule has 0 bridgehead atoms. The largest absolute Gasteiger partial charge is 0.325 e. The molecule has 0 aromatic heterocycles. The zero-order valence-corrected chi connectivity index (χ0v) is 7.59. The molecule has 1 heterocycles. The van der Waals surface area contributed by atoms with Crippen LogP contribution in [0.15, 0.2) is 0 Å². The predicted molar refractivity (Wildman–Crippen MR) is 41.9 cm³/mol. The van der Waals surface area contributed by atoms with E-state index in [4.69, 9.17) is 20.7 Å². The van der Waals surface area contributed by atoms with Gasteiger partial charge >= 0.3 is 7.60 Å². The van der Waals surface area contributed by atoms with E-state index in [9.17, 15) is 9.36 Å². The Hall–Kier alpha value is -0.460. The van der Waals surface area contributed by atoms with E-state index < -0.39 is 31.6 Å². The zero-order valence-electron chi connectivity index (χ0n) is 6.70. The van der Waals surface area contributed by atoms with E-state index in [1.54, 1.807) is 0 Å². The smallest absolute Gasteiger partial charge is 0.324 e. The lowest BCUT2D eigenvalue weighted by Gasteiger charge is -2.12. The van der Waals surface area contributed by atoms with Gasteiger partial charge in [-0.25, -0.2) is 5.06 Å². The molecule has 0 aromatic rings. The van der Waals surface area contributed by atoms with Crippen molar-refractivity contribution < 1.29 is 24.4 Å². The van der Waals surface area contributed by atoms with Crippen LogP contribution in [-0.4, -0.2) is 44.7 Å². The SMILES string of the molecule is NC1C(=O)N(O)CC1CP(=O)(O)O. The summed E-state index contributed by atoms with van der Waals surface area (Å²) in [4.78, 5) is 28.1. The van der Waals surface area contributed by atoms with E-state index in [0.717, 1.165) is 0 Å². The Labute approximate surface area is 74.3 Å². The first-order chi connectivity index (χ1) is 5.81. The van der Waals surface area contributed by atoms with Crippen LogP contribution >= 0.6 is 7.60 Å². The fourth-order valence-corrected chi connectivity index (χ4v) is 2.23. The van der Waals surface area contributed by atoms with E-state index in [1.807, 2.05) is 0 Å². The Morgan fingerprint density at radius 3 is 2.46 bits per heavy atom. The maximum atomic E-state index is 10.9. The molecule has 1 saturated heterocycles. The van der Waals surface area contributed by atoms with E-state index in [1.165, 1.54) is 0 Å². The minimum atomic E-state index is -4.18. The number of carbonyl (C=O) groups excluding carboxylic acids is 1. The predicted octanol–water partition coefficient (Wildman–Crippen LogP) is -1.66. The van der Waals surface area contributed by atoms with Crippen LogP contribution in [0, 0.1) is 5.92 Å². The number of hydrogen-bond acceptors (Lipinski definition) is 4. The van der Waals surface area contributed by atoms with Crippen LogP contribution in [0.1, 0.15) is 0 Å². The highest BCUT2D eigenvalue weighted by molar-refractivity contribution is 7.51. The third-order valence-electron chi connectivity index (χ3n) is 1.93. The number of nitrogens with zero attached hydrogens (tertiary/aromatic N) is 1. The standard InChI is InChI=1S/C5H11N2O5P/c6-4-3(2-13(10,11)12)1-7(9)5(4)8/h3-4,9H,1-2,6H2,(H2,10,11,12). The fourth-order valence-electron chi connectivity index (χ4n) is 1.28. The van der Waals surface area contributed by atoms with Crippen LogP contribution in [0.25, 0.3) is 0 Å². The van der Waals surface area contributed by atoms with Crippen molar-refractivity contribution in [2.75, 3.05) is 12.7 Å². The molecule has 0 saturated carbocycles. The number of hydroxylamine groups is 2. The summed E-state index contributed by atoms with van der Waals surface area (Å²) in [5.41, 5.74) is 5.33. The highest BCUT2D eigenvalue weighted by Crippen LogP contribution is 2.39. The van der Waals surface area contributed by atoms with Crippen molar-refractivity contribution in [2.24, 2.45) is 11.7 Å². The molecule has 8 heteroatoms. The lowest BCUT2D eigenvalue weighted by molar-refractivity contribution is -0.158. The van der Waals surface area contributed by atoms with Gasteiger partial charge in [-0.15, -0.1) is 0 Å². The molecule has 1 aliphatic rings. The number of amides is 1. The number of carbonyl (C=O) groups is 1. The van der Waals surface area contributed by atoms with Crippen molar-refractivity contribution in [3.63, 3.8) is 0 Å². The summed E-state index contributed by atoms with van der Waals surface area (Å²) < 4.78 is 10.6. The Balaban J connectivity index is 2.64. The van der Waals surface area contributed by atoms with E-state index in [2.05, 4.69) is 0 Å². The maximum absolute atomic E-state index is 10.9. The van der Waals surface area contributed by atoms with Crippen molar-refractivity contribution in [3.05, 3.63) is 0 Å². The van der Waals surface area contributed by atoms with Gasteiger partial charge in [-0.2, -0.15) is 0 Å². The first-order valence-corrected chi connectivity index (χ1v) is 5.41. The molecule has 0 radical (unpaired) electrons. The number of rotatable bonds is 2. The van der Waals surface area contributed by atoms with E-state index >= 15 is 0 Å². The molecule has 5 N–H and O–H groups in total. The molecule has 1 rings (SSSR count). The maximum Gasteiger partial charge on any atom is 0.325 e. The quantitative estimate of drug-likeness (QED) is 0.319. The summed E-state index contributed by atoms with van der Waals surface area (Å²) in [5.74, 6) is -1.38. The van der Waals surface area contributed by atoms with Gasteiger partial charge in [-0.3, -0.25) is 14.6 Å². The molecule has 2 atom stereocenters. The minimum absolute atomic E-state index is 0.120. The number of nitrogens with two attached hydrogens (primary N) is 1. The first kappa shape index (κ1) is 10.6. The van der Waals surface area contributed by atoms with Gasteiger partial charge in [-0.05, 0) is 0 Å². The summed E-state index contributed by atoms with van der Waals surface area (Å²) in [5, 5.41) is 9.28. The van der Waals surface area contributed by atoms with Crippen molar-refractivity contribution in [1.29, 1.82) is 0 Å². The average molecular weight is 210 g/mol. The second kappa shape index (κ2) is 3.36. The van der Waals surface area contributed by atoms with Crippen molar-refractivity contribution >= 4 is 13.5 Å². The molecule has 0 aromatic carbocycles. The monoisotopic (exact) mass is 210 g/mol. The molecule has 0 aliphatic carbocycles. The third kappa shape index (κ3) is 2.49. The highest BCUT2D eigenvalue weighted by atomic mass is 31.2. The van der Waals surface area contributed by atoms with Crippen LogP contribution < -0.4 is 5.73 Å². The van der Waals surface area contributed by atoms with Crippen LogP contribution in [0.3, 0.4) is 0 Å².